The highest BCUT2D eigenvalue weighted by atomic mass is 79.9. The molecule has 0 spiro atoms. The monoisotopic (exact) mass is 323 g/mol. The topological polar surface area (TPSA) is 38.1 Å². The molecule has 0 fully saturated rings. The van der Waals surface area contributed by atoms with E-state index in [1.54, 1.807) is 23.2 Å². The second-order valence-electron chi connectivity index (χ2n) is 4.36. The van der Waals surface area contributed by atoms with Crippen molar-refractivity contribution in [2.45, 2.75) is 13.1 Å². The van der Waals surface area contributed by atoms with Crippen LogP contribution in [0.25, 0.3) is 0 Å². The summed E-state index contributed by atoms with van der Waals surface area (Å²) in [4.78, 5) is 18.2. The summed E-state index contributed by atoms with van der Waals surface area (Å²) in [6.07, 6.45) is 3.60. The number of amides is 1. The fourth-order valence-corrected chi connectivity index (χ4v) is 2.72. The molecular weight excluding hydrogens is 313 g/mol. The third-order valence-corrected chi connectivity index (χ3v) is 3.87. The van der Waals surface area contributed by atoms with Crippen LogP contribution < -0.4 is 0 Å². The quantitative estimate of drug-likeness (QED) is 0.808. The molecule has 0 bridgehead atoms. The molecular formula is C13H11BrFN3O. The van der Waals surface area contributed by atoms with Crippen molar-refractivity contribution < 1.29 is 9.18 Å². The van der Waals surface area contributed by atoms with Crippen LogP contribution in [0.5, 0.6) is 0 Å². The lowest BCUT2D eigenvalue weighted by molar-refractivity contribution is 0.0701. The third-order valence-electron chi connectivity index (χ3n) is 3.21. The molecule has 3 rings (SSSR count). The number of hydrogen-bond donors (Lipinski definition) is 0. The predicted octanol–water partition coefficient (Wildman–Crippen LogP) is 2.44. The third kappa shape index (κ3) is 2.16. The molecule has 0 saturated carbocycles. The molecule has 0 atom stereocenters. The van der Waals surface area contributed by atoms with Crippen molar-refractivity contribution in [3.8, 4) is 0 Å². The Hall–Kier alpha value is -1.69. The first kappa shape index (κ1) is 12.3. The second-order valence-corrected chi connectivity index (χ2v) is 5.21. The number of nitrogens with zero attached hydrogens (tertiary/aromatic N) is 3. The zero-order valence-electron chi connectivity index (χ0n) is 10.0. The number of aromatic nitrogens is 2. The van der Waals surface area contributed by atoms with Crippen LogP contribution in [0.4, 0.5) is 4.39 Å². The largest absolute Gasteiger partial charge is 0.332 e. The fourth-order valence-electron chi connectivity index (χ4n) is 2.21. The molecule has 0 unspecified atom stereocenters. The summed E-state index contributed by atoms with van der Waals surface area (Å²) in [7, 11) is 0. The van der Waals surface area contributed by atoms with Gasteiger partial charge in [-0.15, -0.1) is 0 Å². The molecule has 1 aromatic heterocycles. The molecule has 0 saturated heterocycles. The second kappa shape index (κ2) is 4.77. The Labute approximate surface area is 118 Å². The van der Waals surface area contributed by atoms with E-state index in [-0.39, 0.29) is 11.5 Å². The number of halogens is 2. The molecule has 0 radical (unpaired) electrons. The highest BCUT2D eigenvalue weighted by molar-refractivity contribution is 9.10. The van der Waals surface area contributed by atoms with Crippen molar-refractivity contribution in [3.63, 3.8) is 0 Å². The van der Waals surface area contributed by atoms with Crippen molar-refractivity contribution in [2.75, 3.05) is 6.54 Å². The van der Waals surface area contributed by atoms with Crippen molar-refractivity contribution in [1.82, 2.24) is 14.5 Å². The Balaban J connectivity index is 1.90. The summed E-state index contributed by atoms with van der Waals surface area (Å²) >= 11 is 3.23. The van der Waals surface area contributed by atoms with E-state index in [2.05, 4.69) is 20.9 Å². The van der Waals surface area contributed by atoms with Crippen molar-refractivity contribution in [1.29, 1.82) is 0 Å². The van der Waals surface area contributed by atoms with Crippen LogP contribution in [-0.4, -0.2) is 26.9 Å². The number of fused-ring (bicyclic) bond motifs is 1. The van der Waals surface area contributed by atoms with Gasteiger partial charge in [0.1, 0.15) is 11.6 Å². The van der Waals surface area contributed by atoms with E-state index in [0.717, 1.165) is 5.82 Å². The van der Waals surface area contributed by atoms with E-state index >= 15 is 0 Å². The SMILES string of the molecule is O=C(c1c(F)cccc1Br)N1CCn2ccnc2C1. The van der Waals surface area contributed by atoms with Gasteiger partial charge in [-0.2, -0.15) is 0 Å². The zero-order valence-corrected chi connectivity index (χ0v) is 11.6. The Morgan fingerprint density at radius 1 is 1.37 bits per heavy atom. The van der Waals surface area contributed by atoms with Crippen molar-refractivity contribution >= 4 is 21.8 Å². The first-order chi connectivity index (χ1) is 9.16. The van der Waals surface area contributed by atoms with E-state index in [0.29, 0.717) is 24.1 Å². The lowest BCUT2D eigenvalue weighted by atomic mass is 10.1. The standard InChI is InChI=1S/C13H11BrFN3O/c14-9-2-1-3-10(15)12(9)13(19)18-7-6-17-5-4-16-11(17)8-18/h1-5H,6-8H2. The van der Waals surface area contributed by atoms with Crippen molar-refractivity contribution in [2.24, 2.45) is 0 Å². The summed E-state index contributed by atoms with van der Waals surface area (Å²) in [5.74, 6) is 0.0135. The number of hydrogen-bond acceptors (Lipinski definition) is 2. The predicted molar refractivity (Wildman–Crippen MR) is 71.1 cm³/mol. The van der Waals surface area contributed by atoms with Gasteiger partial charge in [-0.1, -0.05) is 6.07 Å². The van der Waals surface area contributed by atoms with Crippen LogP contribution in [0.15, 0.2) is 35.1 Å². The number of carbonyl (C=O) groups excluding carboxylic acids is 1. The maximum Gasteiger partial charge on any atom is 0.258 e. The molecule has 2 aromatic rings. The fraction of sp³-hybridized carbons (Fsp3) is 0.231. The number of rotatable bonds is 1. The molecule has 1 aliphatic heterocycles. The highest BCUT2D eigenvalue weighted by Crippen LogP contribution is 2.23. The summed E-state index contributed by atoms with van der Waals surface area (Å²) in [5.41, 5.74) is 0.0857. The number of benzene rings is 1. The molecule has 1 aliphatic rings. The maximum atomic E-state index is 13.8. The summed E-state index contributed by atoms with van der Waals surface area (Å²) < 4.78 is 16.3. The van der Waals surface area contributed by atoms with E-state index in [1.807, 2.05) is 10.8 Å². The van der Waals surface area contributed by atoms with Gasteiger partial charge in [0.15, 0.2) is 0 Å². The molecule has 2 heterocycles. The van der Waals surface area contributed by atoms with Gasteiger partial charge in [0.2, 0.25) is 0 Å². The van der Waals surface area contributed by atoms with Gasteiger partial charge < -0.3 is 9.47 Å². The number of carbonyl (C=O) groups is 1. The molecule has 0 aliphatic carbocycles. The van der Waals surface area contributed by atoms with Crippen molar-refractivity contribution in [3.05, 3.63) is 52.3 Å². The summed E-state index contributed by atoms with van der Waals surface area (Å²) in [5, 5.41) is 0. The Bertz CT molecular complexity index is 620. The lowest BCUT2D eigenvalue weighted by Crippen LogP contribution is -2.38. The molecule has 1 aromatic carbocycles. The Morgan fingerprint density at radius 3 is 3.00 bits per heavy atom. The van der Waals surface area contributed by atoms with E-state index in [4.69, 9.17) is 0 Å². The Morgan fingerprint density at radius 2 is 2.21 bits per heavy atom. The van der Waals surface area contributed by atoms with E-state index < -0.39 is 5.82 Å². The van der Waals surface area contributed by atoms with Crippen LogP contribution in [0, 0.1) is 5.82 Å². The van der Waals surface area contributed by atoms with Gasteiger partial charge >= 0.3 is 0 Å². The first-order valence-electron chi connectivity index (χ1n) is 5.90. The van der Waals surface area contributed by atoms with E-state index in [1.165, 1.54) is 6.07 Å². The Kier molecular flexibility index (Phi) is 3.10. The lowest BCUT2D eigenvalue weighted by Gasteiger charge is -2.28. The van der Waals surface area contributed by atoms with E-state index in [9.17, 15) is 9.18 Å². The minimum absolute atomic E-state index is 0.0857. The minimum Gasteiger partial charge on any atom is -0.332 e. The summed E-state index contributed by atoms with van der Waals surface area (Å²) in [6, 6.07) is 4.53. The van der Waals surface area contributed by atoms with Crippen LogP contribution in [0.1, 0.15) is 16.2 Å². The van der Waals surface area contributed by atoms with Gasteiger partial charge in [-0.25, -0.2) is 9.37 Å². The molecule has 4 nitrogen and oxygen atoms in total. The van der Waals surface area contributed by atoms with Gasteiger partial charge in [-0.3, -0.25) is 4.79 Å². The molecule has 0 N–H and O–H groups in total. The average molecular weight is 324 g/mol. The first-order valence-corrected chi connectivity index (χ1v) is 6.69. The maximum absolute atomic E-state index is 13.8. The minimum atomic E-state index is -0.506. The average Bonchev–Trinajstić information content (AvgIpc) is 2.85. The molecule has 6 heteroatoms. The van der Waals surface area contributed by atoms with Crippen LogP contribution in [0.3, 0.4) is 0 Å². The zero-order chi connectivity index (χ0) is 13.4. The van der Waals surface area contributed by atoms with Gasteiger partial charge in [-0.05, 0) is 28.1 Å². The van der Waals surface area contributed by atoms with Gasteiger partial charge in [0.25, 0.3) is 5.91 Å². The summed E-state index contributed by atoms with van der Waals surface area (Å²) in [6.45, 7) is 1.66. The normalized spacial score (nSPS) is 14.3. The smallest absolute Gasteiger partial charge is 0.258 e. The van der Waals surface area contributed by atoms with Crippen LogP contribution in [-0.2, 0) is 13.1 Å². The number of imidazole rings is 1. The molecule has 98 valence electrons. The van der Waals surface area contributed by atoms with Crippen LogP contribution in [0.2, 0.25) is 0 Å². The van der Waals surface area contributed by atoms with Gasteiger partial charge in [0, 0.05) is 30.0 Å². The molecule has 19 heavy (non-hydrogen) atoms. The van der Waals surface area contributed by atoms with Gasteiger partial charge in [0.05, 0.1) is 12.1 Å². The molecule has 1 amide bonds. The highest BCUT2D eigenvalue weighted by Gasteiger charge is 2.25. The van der Waals surface area contributed by atoms with Crippen LogP contribution >= 0.6 is 15.9 Å².